The van der Waals surface area contributed by atoms with Crippen molar-refractivity contribution in [1.82, 2.24) is 24.2 Å². The van der Waals surface area contributed by atoms with E-state index in [-0.39, 0.29) is 16.7 Å². The fourth-order valence-electron chi connectivity index (χ4n) is 1.85. The minimum atomic E-state index is -3.80. The first-order valence-electron chi connectivity index (χ1n) is 5.95. The Bertz CT molecular complexity index is 859. The van der Waals surface area contributed by atoms with Gasteiger partial charge in [-0.3, -0.25) is 4.40 Å². The van der Waals surface area contributed by atoms with Gasteiger partial charge in [-0.25, -0.2) is 18.1 Å². The van der Waals surface area contributed by atoms with E-state index in [4.69, 9.17) is 11.6 Å². The molecule has 21 heavy (non-hydrogen) atoms. The fourth-order valence-corrected chi connectivity index (χ4v) is 3.52. The molecule has 0 aliphatic rings. The zero-order valence-electron chi connectivity index (χ0n) is 10.6. The maximum atomic E-state index is 12.3. The molecule has 0 aliphatic heterocycles. The maximum absolute atomic E-state index is 12.3. The summed E-state index contributed by atoms with van der Waals surface area (Å²) in [6.07, 6.45) is 3.08. The molecule has 110 valence electrons. The number of pyridine rings is 1. The molecule has 0 fully saturated rings. The van der Waals surface area contributed by atoms with Gasteiger partial charge in [0.2, 0.25) is 6.39 Å². The highest BCUT2D eigenvalue weighted by atomic mass is 35.5. The maximum Gasteiger partial charge on any atom is 0.259 e. The Kier molecular flexibility index (Phi) is 3.62. The number of sulfonamides is 1. The average Bonchev–Trinajstić information content (AvgIpc) is 3.04. The Morgan fingerprint density at radius 2 is 2.24 bits per heavy atom. The van der Waals surface area contributed by atoms with Crippen molar-refractivity contribution >= 4 is 27.3 Å². The number of aromatic nitrogens is 4. The number of fused-ring (bicyclic) bond motifs is 1. The molecule has 3 heterocycles. The molecular formula is C11H10ClN5O3S. The highest BCUT2D eigenvalue weighted by Crippen LogP contribution is 2.22. The second-order valence-electron chi connectivity index (χ2n) is 4.13. The number of nitrogens with zero attached hydrogens (tertiary/aromatic N) is 4. The molecule has 0 bridgehead atoms. The Morgan fingerprint density at radius 1 is 1.38 bits per heavy atom. The summed E-state index contributed by atoms with van der Waals surface area (Å²) in [7, 11) is -3.80. The van der Waals surface area contributed by atoms with Crippen molar-refractivity contribution in [3.8, 4) is 0 Å². The van der Waals surface area contributed by atoms with Gasteiger partial charge in [0, 0.05) is 19.2 Å². The monoisotopic (exact) mass is 327 g/mol. The van der Waals surface area contributed by atoms with Crippen LogP contribution in [0.1, 0.15) is 5.82 Å². The Hall–Kier alpha value is -1.97. The summed E-state index contributed by atoms with van der Waals surface area (Å²) < 4.78 is 33.1. The molecule has 3 aromatic rings. The van der Waals surface area contributed by atoms with E-state index >= 15 is 0 Å². The molecule has 0 radical (unpaired) electrons. The zero-order valence-corrected chi connectivity index (χ0v) is 12.2. The number of halogens is 1. The van der Waals surface area contributed by atoms with E-state index in [2.05, 4.69) is 24.4 Å². The molecule has 0 unspecified atom stereocenters. The van der Waals surface area contributed by atoms with Crippen molar-refractivity contribution in [1.29, 1.82) is 0 Å². The molecule has 1 N–H and O–H groups in total. The van der Waals surface area contributed by atoms with E-state index in [1.807, 2.05) is 0 Å². The Balaban J connectivity index is 1.84. The molecule has 3 aromatic heterocycles. The molecule has 0 aromatic carbocycles. The summed E-state index contributed by atoms with van der Waals surface area (Å²) in [4.78, 5) is 7.82. The molecule has 0 spiro atoms. The average molecular weight is 328 g/mol. The molecule has 0 saturated carbocycles. The molecular weight excluding hydrogens is 318 g/mol. The Morgan fingerprint density at radius 3 is 3.00 bits per heavy atom. The molecule has 0 aliphatic carbocycles. The number of hydrogen-bond acceptors (Lipinski definition) is 6. The Labute approximate surface area is 124 Å². The van der Waals surface area contributed by atoms with E-state index in [1.54, 1.807) is 24.4 Å². The number of imidazole rings is 1. The van der Waals surface area contributed by atoms with Crippen LogP contribution in [-0.2, 0) is 16.4 Å². The standard InChI is InChI=1S/C11H10ClN5O3S/c12-10-11(17-6-2-1-3-9(17)15-10)21(18,19)14-5-4-8-13-7-20-16-8/h1-3,6-7,14H,4-5H2. The van der Waals surface area contributed by atoms with Crippen LogP contribution in [0.4, 0.5) is 0 Å². The van der Waals surface area contributed by atoms with Crippen LogP contribution in [-0.4, -0.2) is 34.5 Å². The van der Waals surface area contributed by atoms with Crippen LogP contribution in [0, 0.1) is 0 Å². The van der Waals surface area contributed by atoms with Crippen LogP contribution in [0.25, 0.3) is 5.65 Å². The first-order valence-corrected chi connectivity index (χ1v) is 7.81. The van der Waals surface area contributed by atoms with Gasteiger partial charge in [0.1, 0.15) is 5.65 Å². The van der Waals surface area contributed by atoms with Crippen LogP contribution >= 0.6 is 11.6 Å². The number of rotatable bonds is 5. The quantitative estimate of drug-likeness (QED) is 0.746. The van der Waals surface area contributed by atoms with Gasteiger partial charge in [0.15, 0.2) is 16.0 Å². The summed E-state index contributed by atoms with van der Waals surface area (Å²) in [6.45, 7) is 0.123. The predicted octanol–water partition coefficient (Wildman–Crippen LogP) is 0.892. The normalized spacial score (nSPS) is 12.0. The highest BCUT2D eigenvalue weighted by Gasteiger charge is 2.23. The summed E-state index contributed by atoms with van der Waals surface area (Å²) in [5.41, 5.74) is 0.459. The van der Waals surface area contributed by atoms with Gasteiger partial charge in [-0.15, -0.1) is 0 Å². The third-order valence-electron chi connectivity index (χ3n) is 2.75. The van der Waals surface area contributed by atoms with Crippen molar-refractivity contribution in [2.45, 2.75) is 11.4 Å². The highest BCUT2D eigenvalue weighted by molar-refractivity contribution is 7.89. The first-order chi connectivity index (χ1) is 10.1. The van der Waals surface area contributed by atoms with Gasteiger partial charge < -0.3 is 4.52 Å². The zero-order chi connectivity index (χ0) is 14.9. The largest absolute Gasteiger partial charge is 0.343 e. The van der Waals surface area contributed by atoms with E-state index in [9.17, 15) is 8.42 Å². The molecule has 0 amide bonds. The van der Waals surface area contributed by atoms with Gasteiger partial charge in [-0.2, -0.15) is 4.98 Å². The molecule has 0 saturated heterocycles. The predicted molar refractivity (Wildman–Crippen MR) is 73.4 cm³/mol. The van der Waals surface area contributed by atoms with E-state index in [1.165, 1.54) is 10.8 Å². The van der Waals surface area contributed by atoms with E-state index in [0.29, 0.717) is 17.9 Å². The molecule has 8 nitrogen and oxygen atoms in total. The van der Waals surface area contributed by atoms with Gasteiger partial charge >= 0.3 is 0 Å². The first kappa shape index (κ1) is 14.0. The van der Waals surface area contributed by atoms with Crippen molar-refractivity contribution in [2.75, 3.05) is 6.54 Å². The molecule has 0 atom stereocenters. The third-order valence-corrected chi connectivity index (χ3v) is 4.61. The minimum absolute atomic E-state index is 0.0757. The fraction of sp³-hybridized carbons (Fsp3) is 0.182. The van der Waals surface area contributed by atoms with Crippen LogP contribution in [0.5, 0.6) is 0 Å². The molecule has 10 heteroatoms. The van der Waals surface area contributed by atoms with Crippen LogP contribution in [0.2, 0.25) is 5.15 Å². The van der Waals surface area contributed by atoms with Crippen LogP contribution in [0.15, 0.2) is 40.3 Å². The number of hydrogen-bond donors (Lipinski definition) is 1. The molecule has 3 rings (SSSR count). The van der Waals surface area contributed by atoms with Gasteiger partial charge in [0.25, 0.3) is 10.0 Å². The lowest BCUT2D eigenvalue weighted by atomic mass is 10.4. The van der Waals surface area contributed by atoms with Crippen molar-refractivity contribution < 1.29 is 12.9 Å². The van der Waals surface area contributed by atoms with Gasteiger partial charge in [-0.05, 0) is 12.1 Å². The lowest BCUT2D eigenvalue weighted by Gasteiger charge is -2.05. The van der Waals surface area contributed by atoms with E-state index in [0.717, 1.165) is 0 Å². The second-order valence-corrected chi connectivity index (χ2v) is 6.17. The van der Waals surface area contributed by atoms with Crippen LogP contribution in [0.3, 0.4) is 0 Å². The van der Waals surface area contributed by atoms with Gasteiger partial charge in [-0.1, -0.05) is 22.8 Å². The van der Waals surface area contributed by atoms with Crippen molar-refractivity contribution in [2.24, 2.45) is 0 Å². The summed E-state index contributed by atoms with van der Waals surface area (Å²) in [5, 5.41) is 3.44. The summed E-state index contributed by atoms with van der Waals surface area (Å²) >= 11 is 5.94. The SMILES string of the molecule is O=S(=O)(NCCc1ncon1)c1c(Cl)nc2ccccn12. The van der Waals surface area contributed by atoms with Gasteiger partial charge in [0.05, 0.1) is 0 Å². The van der Waals surface area contributed by atoms with Crippen LogP contribution < -0.4 is 4.72 Å². The summed E-state index contributed by atoms with van der Waals surface area (Å²) in [5.74, 6) is 0.418. The number of nitrogens with one attached hydrogen (secondary N) is 1. The van der Waals surface area contributed by atoms with E-state index < -0.39 is 10.0 Å². The third kappa shape index (κ3) is 2.75. The topological polar surface area (TPSA) is 102 Å². The van der Waals surface area contributed by atoms with Crippen molar-refractivity contribution in [3.63, 3.8) is 0 Å². The summed E-state index contributed by atoms with van der Waals surface area (Å²) in [6, 6.07) is 5.12. The second kappa shape index (κ2) is 5.43. The smallest absolute Gasteiger partial charge is 0.259 e. The minimum Gasteiger partial charge on any atom is -0.343 e. The lowest BCUT2D eigenvalue weighted by molar-refractivity contribution is 0.409. The van der Waals surface area contributed by atoms with Crippen molar-refractivity contribution in [3.05, 3.63) is 41.8 Å². The lowest BCUT2D eigenvalue weighted by Crippen LogP contribution is -2.27.